The highest BCUT2D eigenvalue weighted by atomic mass is 35.5. The molecule has 0 spiro atoms. The van der Waals surface area contributed by atoms with Crippen molar-refractivity contribution in [3.05, 3.63) is 35.4 Å². The number of aromatic amines is 1. The molecule has 3 aliphatic rings. The summed E-state index contributed by atoms with van der Waals surface area (Å²) in [6, 6.07) is 10.5. The maximum atomic E-state index is 12.8. The largest absolute Gasteiger partial charge is 0.461 e. The van der Waals surface area contributed by atoms with Gasteiger partial charge < -0.3 is 29.4 Å². The van der Waals surface area contributed by atoms with Crippen LogP contribution in [0.25, 0.3) is 22.4 Å². The first kappa shape index (κ1) is 24.5. The van der Waals surface area contributed by atoms with Crippen LogP contribution in [0.5, 0.6) is 6.01 Å². The van der Waals surface area contributed by atoms with Crippen molar-refractivity contribution in [1.82, 2.24) is 19.9 Å². The van der Waals surface area contributed by atoms with Gasteiger partial charge in [-0.25, -0.2) is 4.98 Å². The number of nitrogens with one attached hydrogen (secondary N) is 1. The number of nitrogens with zero attached hydrogens (tertiary/aromatic N) is 4. The van der Waals surface area contributed by atoms with E-state index in [1.54, 1.807) is 0 Å². The molecule has 2 aliphatic heterocycles. The van der Waals surface area contributed by atoms with Gasteiger partial charge in [-0.2, -0.15) is 4.98 Å². The topological polar surface area (TPSA) is 104 Å². The Morgan fingerprint density at radius 2 is 1.81 bits per heavy atom. The van der Waals surface area contributed by atoms with Gasteiger partial charge in [-0.1, -0.05) is 23.7 Å². The third-order valence-electron chi connectivity index (χ3n) is 7.75. The van der Waals surface area contributed by atoms with E-state index in [-0.39, 0.29) is 17.9 Å². The van der Waals surface area contributed by atoms with Crippen LogP contribution in [0.4, 0.5) is 5.69 Å². The maximum absolute atomic E-state index is 12.8. The molecule has 1 aliphatic carbocycles. The Morgan fingerprint density at radius 1 is 1.05 bits per heavy atom. The van der Waals surface area contributed by atoms with E-state index in [4.69, 9.17) is 26.1 Å². The van der Waals surface area contributed by atoms with Crippen molar-refractivity contribution < 1.29 is 19.4 Å². The number of piperidine rings is 1. The number of carbonyl (C=O) groups is 1. The number of rotatable bonds is 5. The number of carbonyl (C=O) groups excluding carboxylic acids is 1. The lowest BCUT2D eigenvalue weighted by Gasteiger charge is -2.33. The average Bonchev–Trinajstić information content (AvgIpc) is 3.53. The number of likely N-dealkylation sites (tertiary alicyclic amines) is 1. The SMILES string of the molecule is O=C([C@@H]1CCC[C@@H]1O)N1CCC(Oc2nc3nc(-c4ccc(N5CCOCC5)cc4)c(Cl)cc3[nH]2)CC1. The van der Waals surface area contributed by atoms with Crippen molar-refractivity contribution in [2.75, 3.05) is 44.3 Å². The van der Waals surface area contributed by atoms with Crippen LogP contribution >= 0.6 is 11.6 Å². The molecule has 2 aromatic heterocycles. The molecule has 0 unspecified atom stereocenters. The van der Waals surface area contributed by atoms with E-state index in [0.29, 0.717) is 35.5 Å². The molecule has 196 valence electrons. The second kappa shape index (κ2) is 10.5. The normalized spacial score (nSPS) is 23.1. The van der Waals surface area contributed by atoms with Gasteiger partial charge in [0.15, 0.2) is 5.65 Å². The van der Waals surface area contributed by atoms with Crippen molar-refractivity contribution in [3.63, 3.8) is 0 Å². The second-order valence-electron chi connectivity index (χ2n) is 10.1. The van der Waals surface area contributed by atoms with Gasteiger partial charge in [0.05, 0.1) is 41.5 Å². The zero-order chi connectivity index (χ0) is 25.4. The van der Waals surface area contributed by atoms with Gasteiger partial charge in [0, 0.05) is 50.3 Å². The van der Waals surface area contributed by atoms with Crippen molar-refractivity contribution in [2.24, 2.45) is 5.92 Å². The molecule has 2 atom stereocenters. The number of H-pyrrole nitrogens is 1. The van der Waals surface area contributed by atoms with Gasteiger partial charge in [-0.15, -0.1) is 0 Å². The third-order valence-corrected chi connectivity index (χ3v) is 8.04. The number of hydrogen-bond acceptors (Lipinski definition) is 7. The molecule has 3 aromatic rings. The standard InChI is InChI=1S/C27H32ClN5O4/c28-21-16-22-25(30-24(21)17-4-6-18(7-5-17)32-12-14-36-15-13-32)31-27(29-22)37-19-8-10-33(11-9-19)26(35)20-2-1-3-23(20)34/h4-7,16,19-20,23,34H,1-3,8-15H2,(H,29,30,31)/t20-,23+/m1/s1. The van der Waals surface area contributed by atoms with Gasteiger partial charge in [-0.05, 0) is 37.5 Å². The summed E-state index contributed by atoms with van der Waals surface area (Å²) in [4.78, 5) is 29.4. The van der Waals surface area contributed by atoms with Gasteiger partial charge in [0.25, 0.3) is 6.01 Å². The van der Waals surface area contributed by atoms with Crippen LogP contribution in [-0.2, 0) is 9.53 Å². The number of halogens is 1. The van der Waals surface area contributed by atoms with E-state index in [1.807, 2.05) is 23.1 Å². The molecule has 2 N–H and O–H groups in total. The number of benzene rings is 1. The van der Waals surface area contributed by atoms with E-state index in [9.17, 15) is 9.90 Å². The first-order valence-electron chi connectivity index (χ1n) is 13.2. The van der Waals surface area contributed by atoms with E-state index in [1.165, 1.54) is 0 Å². The number of aliphatic hydroxyl groups excluding tert-OH is 1. The molecule has 1 amide bonds. The summed E-state index contributed by atoms with van der Waals surface area (Å²) in [6.07, 6.45) is 3.33. The minimum Gasteiger partial charge on any atom is -0.461 e. The predicted octanol–water partition coefficient (Wildman–Crippen LogP) is 3.65. The van der Waals surface area contributed by atoms with Crippen LogP contribution in [0.1, 0.15) is 32.1 Å². The number of pyridine rings is 1. The number of amides is 1. The fourth-order valence-electron chi connectivity index (χ4n) is 5.62. The number of aromatic nitrogens is 3. The van der Waals surface area contributed by atoms with E-state index in [2.05, 4.69) is 27.0 Å². The summed E-state index contributed by atoms with van der Waals surface area (Å²) in [5.41, 5.74) is 4.04. The van der Waals surface area contributed by atoms with Crippen LogP contribution in [0.2, 0.25) is 5.02 Å². The van der Waals surface area contributed by atoms with E-state index < -0.39 is 6.10 Å². The molecule has 3 fully saturated rings. The molecular formula is C27H32ClN5O4. The lowest BCUT2D eigenvalue weighted by atomic mass is 10.0. The number of morpholine rings is 1. The zero-order valence-corrected chi connectivity index (χ0v) is 21.5. The van der Waals surface area contributed by atoms with Gasteiger partial charge in [0.2, 0.25) is 5.91 Å². The number of anilines is 1. The monoisotopic (exact) mass is 525 g/mol. The minimum absolute atomic E-state index is 0.0409. The summed E-state index contributed by atoms with van der Waals surface area (Å²) >= 11 is 6.60. The summed E-state index contributed by atoms with van der Waals surface area (Å²) in [7, 11) is 0. The molecule has 4 heterocycles. The van der Waals surface area contributed by atoms with E-state index >= 15 is 0 Å². The molecule has 1 aromatic carbocycles. The van der Waals surface area contributed by atoms with Gasteiger partial charge in [0.1, 0.15) is 6.10 Å². The molecule has 10 heteroatoms. The Kier molecular flexibility index (Phi) is 6.92. The number of aliphatic hydroxyl groups is 1. The van der Waals surface area contributed by atoms with Crippen LogP contribution in [0, 0.1) is 5.92 Å². The molecule has 0 bridgehead atoms. The van der Waals surface area contributed by atoms with Gasteiger partial charge in [-0.3, -0.25) is 4.79 Å². The van der Waals surface area contributed by atoms with Crippen LogP contribution in [0.15, 0.2) is 30.3 Å². The molecular weight excluding hydrogens is 494 g/mol. The second-order valence-corrected chi connectivity index (χ2v) is 10.5. The fourth-order valence-corrected chi connectivity index (χ4v) is 5.88. The number of ether oxygens (including phenoxy) is 2. The van der Waals surface area contributed by atoms with Crippen molar-refractivity contribution in [1.29, 1.82) is 0 Å². The first-order valence-corrected chi connectivity index (χ1v) is 13.6. The van der Waals surface area contributed by atoms with Crippen molar-refractivity contribution in [2.45, 2.75) is 44.3 Å². The Balaban J connectivity index is 1.11. The molecule has 0 radical (unpaired) electrons. The highest BCUT2D eigenvalue weighted by Gasteiger charge is 2.36. The number of imidazole rings is 1. The highest BCUT2D eigenvalue weighted by Crippen LogP contribution is 2.32. The number of hydrogen-bond donors (Lipinski definition) is 2. The van der Waals surface area contributed by atoms with Crippen LogP contribution in [-0.4, -0.2) is 82.5 Å². The predicted molar refractivity (Wildman–Crippen MR) is 141 cm³/mol. The molecule has 37 heavy (non-hydrogen) atoms. The molecule has 9 nitrogen and oxygen atoms in total. The van der Waals surface area contributed by atoms with Crippen molar-refractivity contribution in [3.8, 4) is 17.3 Å². The lowest BCUT2D eigenvalue weighted by molar-refractivity contribution is -0.140. The van der Waals surface area contributed by atoms with Crippen LogP contribution in [0.3, 0.4) is 0 Å². The summed E-state index contributed by atoms with van der Waals surface area (Å²) < 4.78 is 11.6. The summed E-state index contributed by atoms with van der Waals surface area (Å²) in [6.45, 7) is 4.52. The van der Waals surface area contributed by atoms with Gasteiger partial charge >= 0.3 is 0 Å². The molecule has 2 saturated heterocycles. The van der Waals surface area contributed by atoms with Crippen LogP contribution < -0.4 is 9.64 Å². The Labute approximate surface area is 220 Å². The zero-order valence-electron chi connectivity index (χ0n) is 20.7. The highest BCUT2D eigenvalue weighted by molar-refractivity contribution is 6.33. The maximum Gasteiger partial charge on any atom is 0.296 e. The quantitative estimate of drug-likeness (QED) is 0.524. The summed E-state index contributed by atoms with van der Waals surface area (Å²) in [5.74, 6) is -0.162. The Morgan fingerprint density at radius 3 is 2.51 bits per heavy atom. The Bertz CT molecular complexity index is 1250. The average molecular weight is 526 g/mol. The number of fused-ring (bicyclic) bond motifs is 1. The molecule has 6 rings (SSSR count). The van der Waals surface area contributed by atoms with Crippen molar-refractivity contribution >= 4 is 34.4 Å². The minimum atomic E-state index is -0.496. The van der Waals surface area contributed by atoms with E-state index in [0.717, 1.165) is 75.2 Å². The third kappa shape index (κ3) is 5.12. The molecule has 1 saturated carbocycles. The fraction of sp³-hybridized carbons (Fsp3) is 0.519. The summed E-state index contributed by atoms with van der Waals surface area (Å²) in [5, 5.41) is 10.6. The smallest absolute Gasteiger partial charge is 0.296 e. The Hall–Kier alpha value is -2.88. The lowest BCUT2D eigenvalue weighted by Crippen LogP contribution is -2.45. The first-order chi connectivity index (χ1) is 18.0.